The summed E-state index contributed by atoms with van der Waals surface area (Å²) in [7, 11) is 0. The Morgan fingerprint density at radius 1 is 0.302 bits per heavy atom. The molecule has 1 aliphatic rings. The Kier molecular flexibility index (Phi) is 6.20. The van der Waals surface area contributed by atoms with Gasteiger partial charge < -0.3 is 0 Å². The van der Waals surface area contributed by atoms with Gasteiger partial charge in [0.15, 0.2) is 17.5 Å². The first-order chi connectivity index (χ1) is 21.3. The Bertz CT molecular complexity index is 2090. The summed E-state index contributed by atoms with van der Waals surface area (Å²) in [5.41, 5.74) is 12.9. The van der Waals surface area contributed by atoms with Crippen molar-refractivity contribution in [3.8, 4) is 67.5 Å². The summed E-state index contributed by atoms with van der Waals surface area (Å²) in [5.74, 6) is 2.03. The van der Waals surface area contributed by atoms with Crippen molar-refractivity contribution >= 4 is 0 Å². The van der Waals surface area contributed by atoms with Crippen LogP contribution < -0.4 is 0 Å². The van der Waals surface area contributed by atoms with Crippen LogP contribution in [0.2, 0.25) is 0 Å². The second-order valence-electron chi connectivity index (χ2n) is 10.8. The van der Waals surface area contributed by atoms with Crippen LogP contribution in [0.3, 0.4) is 0 Å². The number of nitrogens with zero attached hydrogens (tertiary/aromatic N) is 3. The van der Waals surface area contributed by atoms with Gasteiger partial charge in [-0.05, 0) is 50.6 Å². The zero-order valence-corrected chi connectivity index (χ0v) is 23.5. The van der Waals surface area contributed by atoms with Gasteiger partial charge >= 0.3 is 0 Å². The van der Waals surface area contributed by atoms with Crippen LogP contribution in [-0.2, 0) is 6.42 Å². The van der Waals surface area contributed by atoms with E-state index in [1.807, 2.05) is 24.3 Å². The van der Waals surface area contributed by atoms with Crippen molar-refractivity contribution in [2.24, 2.45) is 0 Å². The minimum absolute atomic E-state index is 0.666. The van der Waals surface area contributed by atoms with Crippen molar-refractivity contribution in [3.05, 3.63) is 163 Å². The first kappa shape index (κ1) is 25.1. The molecule has 1 aliphatic carbocycles. The van der Waals surface area contributed by atoms with Gasteiger partial charge in [0.05, 0.1) is 0 Å². The zero-order chi connectivity index (χ0) is 28.6. The van der Waals surface area contributed by atoms with Gasteiger partial charge in [0.1, 0.15) is 0 Å². The third-order valence-corrected chi connectivity index (χ3v) is 8.22. The SMILES string of the molecule is c1ccc(-c2cccc(-c3nc(-c4ccccc4)nc(-c4cccc5c4Cc4c(-c6ccccc6)cccc4-5)n3)c2)cc1. The van der Waals surface area contributed by atoms with E-state index in [1.54, 1.807) is 0 Å². The van der Waals surface area contributed by atoms with Crippen molar-refractivity contribution in [1.82, 2.24) is 15.0 Å². The van der Waals surface area contributed by atoms with Crippen LogP contribution in [-0.4, -0.2) is 15.0 Å². The number of rotatable bonds is 5. The molecule has 0 fully saturated rings. The van der Waals surface area contributed by atoms with Gasteiger partial charge in [-0.15, -0.1) is 0 Å². The van der Waals surface area contributed by atoms with Crippen molar-refractivity contribution < 1.29 is 0 Å². The predicted octanol–water partition coefficient (Wildman–Crippen LogP) is 9.78. The number of fused-ring (bicyclic) bond motifs is 3. The van der Waals surface area contributed by atoms with Gasteiger partial charge in [-0.2, -0.15) is 0 Å². The molecule has 3 heteroatoms. The smallest absolute Gasteiger partial charge is 0.164 e. The number of benzene rings is 6. The maximum Gasteiger partial charge on any atom is 0.164 e. The van der Waals surface area contributed by atoms with Crippen molar-refractivity contribution in [2.75, 3.05) is 0 Å². The standard InChI is InChI=1S/C40H27N3/c1-4-13-27(14-5-1)30-19-10-20-31(25-30)39-41-38(29-17-8-3-9-18-29)42-40(43-39)35-24-12-23-34-33-22-11-21-32(36(33)26-37(34)35)28-15-6-2-7-16-28/h1-25H,26H2. The average Bonchev–Trinajstić information content (AvgIpc) is 3.48. The maximum atomic E-state index is 5.13. The Balaban J connectivity index is 1.28. The van der Waals surface area contributed by atoms with Gasteiger partial charge in [0, 0.05) is 23.1 Å². The Morgan fingerprint density at radius 3 is 1.42 bits per heavy atom. The first-order valence-electron chi connectivity index (χ1n) is 14.6. The molecule has 7 aromatic rings. The lowest BCUT2D eigenvalue weighted by Crippen LogP contribution is -2.02. The van der Waals surface area contributed by atoms with Gasteiger partial charge in [-0.3, -0.25) is 0 Å². The number of aromatic nitrogens is 3. The van der Waals surface area contributed by atoms with E-state index >= 15 is 0 Å². The van der Waals surface area contributed by atoms with Gasteiger partial charge in [-0.1, -0.05) is 146 Å². The third-order valence-electron chi connectivity index (χ3n) is 8.22. The fraction of sp³-hybridized carbons (Fsp3) is 0.0250. The highest BCUT2D eigenvalue weighted by Gasteiger charge is 2.26. The highest BCUT2D eigenvalue weighted by molar-refractivity contribution is 5.89. The molecular formula is C40H27N3. The summed E-state index contributed by atoms with van der Waals surface area (Å²) in [5, 5.41) is 0. The maximum absolute atomic E-state index is 5.13. The number of hydrogen-bond acceptors (Lipinski definition) is 3. The molecule has 8 rings (SSSR count). The highest BCUT2D eigenvalue weighted by Crippen LogP contribution is 2.45. The van der Waals surface area contributed by atoms with E-state index in [9.17, 15) is 0 Å². The molecule has 1 heterocycles. The monoisotopic (exact) mass is 549 g/mol. The summed E-state index contributed by atoms with van der Waals surface area (Å²) in [6, 6.07) is 52.8. The predicted molar refractivity (Wildman–Crippen MR) is 175 cm³/mol. The normalized spacial score (nSPS) is 11.6. The Morgan fingerprint density at radius 2 is 0.744 bits per heavy atom. The van der Waals surface area contributed by atoms with Crippen LogP contribution in [0.25, 0.3) is 67.5 Å². The summed E-state index contributed by atoms with van der Waals surface area (Å²) in [6.45, 7) is 0. The molecule has 0 radical (unpaired) electrons. The second-order valence-corrected chi connectivity index (χ2v) is 10.8. The molecule has 43 heavy (non-hydrogen) atoms. The molecule has 202 valence electrons. The first-order valence-corrected chi connectivity index (χ1v) is 14.6. The van der Waals surface area contributed by atoms with E-state index in [-0.39, 0.29) is 0 Å². The van der Waals surface area contributed by atoms with E-state index in [1.165, 1.54) is 33.4 Å². The molecule has 0 atom stereocenters. The van der Waals surface area contributed by atoms with Crippen molar-refractivity contribution in [1.29, 1.82) is 0 Å². The minimum atomic E-state index is 0.666. The molecule has 0 spiro atoms. The zero-order valence-electron chi connectivity index (χ0n) is 23.5. The van der Waals surface area contributed by atoms with E-state index in [0.29, 0.717) is 17.5 Å². The Hall–Kier alpha value is -5.67. The van der Waals surface area contributed by atoms with Crippen molar-refractivity contribution in [2.45, 2.75) is 6.42 Å². The molecule has 0 unspecified atom stereocenters. The van der Waals surface area contributed by atoms with Crippen LogP contribution in [0.15, 0.2) is 152 Å². The molecule has 0 aliphatic heterocycles. The minimum Gasteiger partial charge on any atom is -0.208 e. The lowest BCUT2D eigenvalue weighted by molar-refractivity contribution is 1.07. The van der Waals surface area contributed by atoms with Crippen molar-refractivity contribution in [3.63, 3.8) is 0 Å². The molecular weight excluding hydrogens is 522 g/mol. The molecule has 0 saturated carbocycles. The summed E-state index contributed by atoms with van der Waals surface area (Å²) < 4.78 is 0. The van der Waals surface area contributed by atoms with E-state index < -0.39 is 0 Å². The van der Waals surface area contributed by atoms with Gasteiger partial charge in [-0.25, -0.2) is 15.0 Å². The summed E-state index contributed by atoms with van der Waals surface area (Å²) in [6.07, 6.45) is 0.830. The molecule has 0 bridgehead atoms. The molecule has 0 N–H and O–H groups in total. The quantitative estimate of drug-likeness (QED) is 0.214. The second kappa shape index (κ2) is 10.6. The van der Waals surface area contributed by atoms with Crippen LogP contribution in [0.1, 0.15) is 11.1 Å². The fourth-order valence-electron chi connectivity index (χ4n) is 6.14. The fourth-order valence-corrected chi connectivity index (χ4v) is 6.14. The third kappa shape index (κ3) is 4.61. The average molecular weight is 550 g/mol. The number of hydrogen-bond donors (Lipinski definition) is 0. The van der Waals surface area contributed by atoms with E-state index in [2.05, 4.69) is 127 Å². The largest absolute Gasteiger partial charge is 0.208 e. The molecule has 6 aromatic carbocycles. The molecule has 0 saturated heterocycles. The highest BCUT2D eigenvalue weighted by atomic mass is 15.0. The topological polar surface area (TPSA) is 38.7 Å². The van der Waals surface area contributed by atoms with Crippen LogP contribution in [0, 0.1) is 0 Å². The van der Waals surface area contributed by atoms with E-state index in [4.69, 9.17) is 15.0 Å². The lowest BCUT2D eigenvalue weighted by Gasteiger charge is -2.12. The van der Waals surface area contributed by atoms with Crippen LogP contribution >= 0.6 is 0 Å². The molecule has 1 aromatic heterocycles. The van der Waals surface area contributed by atoms with Crippen LogP contribution in [0.5, 0.6) is 0 Å². The van der Waals surface area contributed by atoms with Gasteiger partial charge in [0.25, 0.3) is 0 Å². The summed E-state index contributed by atoms with van der Waals surface area (Å²) >= 11 is 0. The lowest BCUT2D eigenvalue weighted by atomic mass is 9.96. The summed E-state index contributed by atoms with van der Waals surface area (Å²) in [4.78, 5) is 15.2. The molecule has 0 amide bonds. The van der Waals surface area contributed by atoms with E-state index in [0.717, 1.165) is 34.2 Å². The molecule has 3 nitrogen and oxygen atoms in total. The van der Waals surface area contributed by atoms with Gasteiger partial charge in [0.2, 0.25) is 0 Å². The van der Waals surface area contributed by atoms with Crippen LogP contribution in [0.4, 0.5) is 0 Å². The Labute approximate surface area is 251 Å².